The van der Waals surface area contributed by atoms with Crippen LogP contribution in [0, 0.1) is 52.3 Å². The van der Waals surface area contributed by atoms with Gasteiger partial charge in [-0.1, -0.05) is 71.2 Å². The number of carbonyl (C=O) groups excluding carboxylic acids is 2. The van der Waals surface area contributed by atoms with Gasteiger partial charge in [-0.2, -0.15) is 0 Å². The van der Waals surface area contributed by atoms with E-state index < -0.39 is 8.32 Å². The van der Waals surface area contributed by atoms with Crippen molar-refractivity contribution in [1.29, 1.82) is 0 Å². The molecule has 45 heavy (non-hydrogen) atoms. The predicted molar refractivity (Wildman–Crippen MR) is 180 cm³/mol. The molecule has 0 N–H and O–H groups in total. The van der Waals surface area contributed by atoms with Crippen LogP contribution in [0.2, 0.25) is 18.1 Å². The van der Waals surface area contributed by atoms with Crippen molar-refractivity contribution in [3.8, 4) is 5.75 Å². The Balaban J connectivity index is 1.24. The molecule has 10 atom stereocenters. The molecule has 5 heteroatoms. The Morgan fingerprint density at radius 1 is 0.889 bits per heavy atom. The van der Waals surface area contributed by atoms with E-state index in [0.717, 1.165) is 37.9 Å². The lowest BCUT2D eigenvalue weighted by Gasteiger charge is -2.51. The zero-order valence-corrected chi connectivity index (χ0v) is 29.7. The SMILES string of the molecule is COc1ccc([C@@]23C=C[C@@]4(CCCC[C@@]42C)[C@H]2[C@@H]4C(=O)[C@@H]5[C@@H](CC(O[Si](C)(C)C(C)(C)C)=C6CCCC[C@@H]65)[C@@H]4CC(=O)[C@H]23)cc1. The number of benzene rings is 1. The lowest BCUT2D eigenvalue weighted by Crippen LogP contribution is -2.50. The second kappa shape index (κ2) is 9.70. The predicted octanol–water partition coefficient (Wildman–Crippen LogP) is 9.21. The first kappa shape index (κ1) is 30.2. The zero-order chi connectivity index (χ0) is 31.7. The fourth-order valence-electron chi connectivity index (χ4n) is 12.6. The van der Waals surface area contributed by atoms with Crippen molar-refractivity contribution >= 4 is 19.9 Å². The third-order valence-electron chi connectivity index (χ3n) is 15.5. The summed E-state index contributed by atoms with van der Waals surface area (Å²) in [5.41, 5.74) is 2.21. The van der Waals surface area contributed by atoms with Crippen LogP contribution in [-0.4, -0.2) is 27.0 Å². The lowest BCUT2D eigenvalue weighted by molar-refractivity contribution is -0.138. The maximum atomic E-state index is 15.2. The molecule has 0 aromatic heterocycles. The number of hydrogen-bond acceptors (Lipinski definition) is 4. The molecule has 7 aliphatic carbocycles. The summed E-state index contributed by atoms with van der Waals surface area (Å²) in [4.78, 5) is 30.1. The van der Waals surface area contributed by atoms with Crippen molar-refractivity contribution in [2.75, 3.05) is 7.11 Å². The molecule has 0 amide bonds. The molecule has 0 saturated heterocycles. The fourth-order valence-corrected chi connectivity index (χ4v) is 13.7. The second-order valence-corrected chi connectivity index (χ2v) is 22.6. The van der Waals surface area contributed by atoms with Gasteiger partial charge in [-0.05, 0) is 108 Å². The van der Waals surface area contributed by atoms with E-state index in [1.807, 2.05) is 0 Å². The summed E-state index contributed by atoms with van der Waals surface area (Å²) in [5, 5.41) is 0.124. The van der Waals surface area contributed by atoms with Crippen LogP contribution in [-0.2, 0) is 19.4 Å². The van der Waals surface area contributed by atoms with Crippen LogP contribution >= 0.6 is 0 Å². The van der Waals surface area contributed by atoms with Crippen molar-refractivity contribution < 1.29 is 18.8 Å². The van der Waals surface area contributed by atoms with Crippen molar-refractivity contribution in [2.24, 2.45) is 52.3 Å². The second-order valence-electron chi connectivity index (χ2n) is 17.8. The molecule has 0 aliphatic heterocycles. The van der Waals surface area contributed by atoms with Gasteiger partial charge in [0.15, 0.2) is 0 Å². The zero-order valence-electron chi connectivity index (χ0n) is 28.7. The number of carbonyl (C=O) groups is 2. The Hall–Kier alpha value is -2.14. The molecule has 0 radical (unpaired) electrons. The maximum Gasteiger partial charge on any atom is 0.250 e. The van der Waals surface area contributed by atoms with Gasteiger partial charge in [-0.3, -0.25) is 9.59 Å². The number of allylic oxidation sites excluding steroid dienone is 4. The third-order valence-corrected chi connectivity index (χ3v) is 19.8. The van der Waals surface area contributed by atoms with Gasteiger partial charge in [-0.25, -0.2) is 0 Å². The molecule has 1 aromatic rings. The van der Waals surface area contributed by atoms with Gasteiger partial charge in [0.1, 0.15) is 17.3 Å². The van der Waals surface area contributed by atoms with E-state index in [-0.39, 0.29) is 56.8 Å². The first-order valence-corrected chi connectivity index (χ1v) is 21.0. The smallest absolute Gasteiger partial charge is 0.250 e. The highest BCUT2D eigenvalue weighted by atomic mass is 28.4. The topological polar surface area (TPSA) is 52.6 Å². The van der Waals surface area contributed by atoms with Crippen LogP contribution in [0.4, 0.5) is 0 Å². The minimum atomic E-state index is -2.04. The summed E-state index contributed by atoms with van der Waals surface area (Å²) in [6, 6.07) is 8.59. The quantitative estimate of drug-likeness (QED) is 0.247. The van der Waals surface area contributed by atoms with E-state index in [1.54, 1.807) is 7.11 Å². The number of fused-ring (bicyclic) bond motifs is 8. The number of methoxy groups -OCH3 is 1. The molecule has 0 heterocycles. The summed E-state index contributed by atoms with van der Waals surface area (Å²) < 4.78 is 12.7. The molecule has 7 aliphatic rings. The van der Waals surface area contributed by atoms with Crippen molar-refractivity contribution in [2.45, 2.75) is 115 Å². The van der Waals surface area contributed by atoms with Gasteiger partial charge in [-0.15, -0.1) is 0 Å². The minimum Gasteiger partial charge on any atom is -0.547 e. The standard InChI is InChI=1S/C40H54O4Si/c1-37(2,3)45(6,7)44-31-23-29-28-22-30(41)34-35(33(28)36(42)32(29)27-13-9-8-12-26(27)31)39-19-11-10-18-38(39,4)40(34,21-20-39)24-14-16-25(43-5)17-15-24/h14-17,20-21,27-29,32-35H,8-13,18-19,22-23H2,1-7H3/t27-,28-,29-,32-,33+,34+,35-,38-,39-,40+/m0/s1. The summed E-state index contributed by atoms with van der Waals surface area (Å²) >= 11 is 0. The highest BCUT2D eigenvalue weighted by Crippen LogP contribution is 2.82. The summed E-state index contributed by atoms with van der Waals surface area (Å²) in [6.45, 7) is 14.2. The van der Waals surface area contributed by atoms with Crippen LogP contribution < -0.4 is 4.74 Å². The number of Topliss-reactive ketones (excluding diaryl/α,β-unsaturated/α-hetero) is 2. The highest BCUT2D eigenvalue weighted by molar-refractivity contribution is 6.74. The monoisotopic (exact) mass is 626 g/mol. The average molecular weight is 627 g/mol. The minimum absolute atomic E-state index is 0.0133. The summed E-state index contributed by atoms with van der Waals surface area (Å²) in [6.07, 6.45) is 15.6. The van der Waals surface area contributed by atoms with Gasteiger partial charge in [0, 0.05) is 36.0 Å². The average Bonchev–Trinajstić information content (AvgIpc) is 3.53. The molecule has 4 nitrogen and oxygen atoms in total. The number of ketones is 2. The Kier molecular flexibility index (Phi) is 6.51. The van der Waals surface area contributed by atoms with Gasteiger partial charge in [0.05, 0.1) is 12.9 Å². The Labute approximate surface area is 271 Å². The van der Waals surface area contributed by atoms with Crippen LogP contribution in [0.5, 0.6) is 5.75 Å². The van der Waals surface area contributed by atoms with Crippen molar-refractivity contribution in [3.63, 3.8) is 0 Å². The van der Waals surface area contributed by atoms with Crippen LogP contribution in [0.15, 0.2) is 47.7 Å². The molecule has 1 aromatic carbocycles. The molecule has 8 rings (SSSR count). The van der Waals surface area contributed by atoms with Gasteiger partial charge >= 0.3 is 0 Å². The number of ether oxygens (including phenoxy) is 1. The largest absolute Gasteiger partial charge is 0.547 e. The van der Waals surface area contributed by atoms with Crippen molar-refractivity contribution in [1.82, 2.24) is 0 Å². The van der Waals surface area contributed by atoms with E-state index in [9.17, 15) is 4.79 Å². The van der Waals surface area contributed by atoms with Gasteiger partial charge < -0.3 is 9.16 Å². The van der Waals surface area contributed by atoms with E-state index in [0.29, 0.717) is 23.9 Å². The molecule has 0 spiro atoms. The van der Waals surface area contributed by atoms with Crippen LogP contribution in [0.1, 0.15) is 97.5 Å². The highest BCUT2D eigenvalue weighted by Gasteiger charge is 2.81. The molecule has 0 unspecified atom stereocenters. The lowest BCUT2D eigenvalue weighted by atomic mass is 9.52. The number of rotatable bonds is 4. The van der Waals surface area contributed by atoms with E-state index >= 15 is 4.79 Å². The molecule has 242 valence electrons. The third kappa shape index (κ3) is 3.66. The van der Waals surface area contributed by atoms with E-state index in [4.69, 9.17) is 9.16 Å². The van der Waals surface area contributed by atoms with E-state index in [1.165, 1.54) is 42.6 Å². The van der Waals surface area contributed by atoms with Crippen molar-refractivity contribution in [3.05, 3.63) is 53.3 Å². The molecule has 2 bridgehead atoms. The Morgan fingerprint density at radius 2 is 1.60 bits per heavy atom. The normalized spacial score (nSPS) is 43.4. The Bertz CT molecular complexity index is 1500. The van der Waals surface area contributed by atoms with Gasteiger partial charge in [0.2, 0.25) is 8.32 Å². The molecule has 5 saturated carbocycles. The molecular formula is C40H54O4Si. The van der Waals surface area contributed by atoms with E-state index in [2.05, 4.69) is 77.2 Å². The number of hydrogen-bond donors (Lipinski definition) is 0. The molecular weight excluding hydrogens is 573 g/mol. The fraction of sp³-hybridized carbons (Fsp3) is 0.700. The summed E-state index contributed by atoms with van der Waals surface area (Å²) in [7, 11) is -0.320. The maximum absolute atomic E-state index is 15.2. The van der Waals surface area contributed by atoms with Crippen LogP contribution in [0.3, 0.4) is 0 Å². The van der Waals surface area contributed by atoms with Gasteiger partial charge in [0.25, 0.3) is 0 Å². The molecule has 5 fully saturated rings. The Morgan fingerprint density at radius 3 is 2.31 bits per heavy atom. The first-order valence-electron chi connectivity index (χ1n) is 18.1. The first-order chi connectivity index (χ1) is 21.3. The summed E-state index contributed by atoms with van der Waals surface area (Å²) in [5.74, 6) is 3.78. The van der Waals surface area contributed by atoms with Crippen LogP contribution in [0.25, 0.3) is 0 Å².